The Morgan fingerprint density at radius 3 is 2.68 bits per heavy atom. The molecule has 0 spiro atoms. The van der Waals surface area contributed by atoms with Crippen LogP contribution in [0.2, 0.25) is 0 Å². The molecule has 144 valence electrons. The van der Waals surface area contributed by atoms with E-state index in [1.54, 1.807) is 7.11 Å². The molecule has 2 aromatic rings. The van der Waals surface area contributed by atoms with Gasteiger partial charge in [0.2, 0.25) is 6.79 Å². The quantitative estimate of drug-likeness (QED) is 0.827. The molecule has 5 nitrogen and oxygen atoms in total. The van der Waals surface area contributed by atoms with Crippen LogP contribution in [-0.4, -0.2) is 19.7 Å². The van der Waals surface area contributed by atoms with Crippen molar-refractivity contribution in [3.8, 4) is 17.2 Å². The van der Waals surface area contributed by atoms with Gasteiger partial charge in [0.1, 0.15) is 5.75 Å². The molecule has 5 rings (SSSR count). The summed E-state index contributed by atoms with van der Waals surface area (Å²) in [5.74, 6) is 2.29. The molecule has 2 aliphatic heterocycles. The van der Waals surface area contributed by atoms with E-state index in [-0.39, 0.29) is 23.9 Å². The summed E-state index contributed by atoms with van der Waals surface area (Å²) < 4.78 is 16.6. The van der Waals surface area contributed by atoms with Crippen LogP contribution in [-0.2, 0) is 4.79 Å². The number of nitrogens with one attached hydrogen (secondary N) is 1. The first-order valence-corrected chi connectivity index (χ1v) is 9.56. The Kier molecular flexibility index (Phi) is 3.69. The van der Waals surface area contributed by atoms with Gasteiger partial charge in [0, 0.05) is 35.4 Å². The molecule has 0 radical (unpaired) electrons. The summed E-state index contributed by atoms with van der Waals surface area (Å²) >= 11 is 0. The van der Waals surface area contributed by atoms with E-state index in [0.29, 0.717) is 6.42 Å². The number of ether oxygens (including phenoxy) is 3. The van der Waals surface area contributed by atoms with E-state index in [4.69, 9.17) is 14.2 Å². The van der Waals surface area contributed by atoms with Crippen LogP contribution in [0.5, 0.6) is 17.2 Å². The van der Waals surface area contributed by atoms with E-state index in [9.17, 15) is 4.79 Å². The molecule has 1 aliphatic carbocycles. The number of hydrogen-bond donors (Lipinski definition) is 1. The third-order valence-corrected chi connectivity index (χ3v) is 5.78. The van der Waals surface area contributed by atoms with Crippen molar-refractivity contribution in [1.29, 1.82) is 0 Å². The first-order chi connectivity index (χ1) is 13.4. The average molecular weight is 377 g/mol. The van der Waals surface area contributed by atoms with Crippen LogP contribution in [0.25, 0.3) is 0 Å². The fraction of sp³-hybridized carbons (Fsp3) is 0.348. The molecule has 28 heavy (non-hydrogen) atoms. The molecule has 0 fully saturated rings. The number of anilines is 1. The predicted octanol–water partition coefficient (Wildman–Crippen LogP) is 4.62. The molecule has 3 aliphatic rings. The number of rotatable bonds is 2. The van der Waals surface area contributed by atoms with Crippen LogP contribution in [0.4, 0.5) is 5.69 Å². The van der Waals surface area contributed by atoms with Gasteiger partial charge in [-0.25, -0.2) is 0 Å². The summed E-state index contributed by atoms with van der Waals surface area (Å²) in [5, 5.41) is 3.53. The fourth-order valence-electron chi connectivity index (χ4n) is 4.57. The molecule has 2 aromatic carbocycles. The Labute approximate surface area is 164 Å². The van der Waals surface area contributed by atoms with Crippen LogP contribution in [0.1, 0.15) is 43.7 Å². The van der Waals surface area contributed by atoms with Crippen molar-refractivity contribution in [3.63, 3.8) is 0 Å². The highest BCUT2D eigenvalue weighted by Gasteiger charge is 2.41. The number of carbonyl (C=O) groups is 1. The van der Waals surface area contributed by atoms with Crippen molar-refractivity contribution < 1.29 is 19.0 Å². The van der Waals surface area contributed by atoms with Gasteiger partial charge in [-0.15, -0.1) is 0 Å². The van der Waals surface area contributed by atoms with Crippen LogP contribution >= 0.6 is 0 Å². The van der Waals surface area contributed by atoms with Gasteiger partial charge in [-0.3, -0.25) is 4.79 Å². The number of ketones is 1. The lowest BCUT2D eigenvalue weighted by Gasteiger charge is -2.39. The summed E-state index contributed by atoms with van der Waals surface area (Å²) in [6, 6.07) is 12.0. The van der Waals surface area contributed by atoms with Crippen molar-refractivity contribution in [2.45, 2.75) is 32.6 Å². The second kappa shape index (κ2) is 6.03. The molecule has 1 N–H and O–H groups in total. The third kappa shape index (κ3) is 2.65. The first-order valence-electron chi connectivity index (χ1n) is 9.56. The van der Waals surface area contributed by atoms with Gasteiger partial charge >= 0.3 is 0 Å². The molecular weight excluding hydrogens is 354 g/mol. The van der Waals surface area contributed by atoms with E-state index in [1.165, 1.54) is 0 Å². The Morgan fingerprint density at radius 2 is 1.89 bits per heavy atom. The summed E-state index contributed by atoms with van der Waals surface area (Å²) in [5.41, 5.74) is 4.86. The minimum absolute atomic E-state index is 0.0598. The Balaban J connectivity index is 1.73. The lowest BCUT2D eigenvalue weighted by Crippen LogP contribution is -2.33. The number of Topliss-reactive ketones (excluding diaryl/α,β-unsaturated/α-hetero) is 1. The van der Waals surface area contributed by atoms with Crippen molar-refractivity contribution >= 4 is 11.5 Å². The van der Waals surface area contributed by atoms with Gasteiger partial charge in [-0.2, -0.15) is 0 Å². The number of benzene rings is 2. The van der Waals surface area contributed by atoms with Crippen molar-refractivity contribution in [1.82, 2.24) is 0 Å². The lowest BCUT2D eigenvalue weighted by molar-refractivity contribution is -0.118. The normalized spacial score (nSPS) is 21.7. The Bertz CT molecular complexity index is 1020. The van der Waals surface area contributed by atoms with Crippen molar-refractivity contribution in [2.75, 3.05) is 19.2 Å². The first kappa shape index (κ1) is 17.2. The van der Waals surface area contributed by atoms with Crippen molar-refractivity contribution in [2.24, 2.45) is 5.41 Å². The van der Waals surface area contributed by atoms with Gasteiger partial charge < -0.3 is 19.5 Å². The van der Waals surface area contributed by atoms with Crippen LogP contribution in [0.3, 0.4) is 0 Å². The zero-order chi connectivity index (χ0) is 19.5. The number of allylic oxidation sites excluding steroid dienone is 2. The van der Waals surface area contributed by atoms with Gasteiger partial charge in [0.05, 0.1) is 7.11 Å². The van der Waals surface area contributed by atoms with E-state index in [2.05, 4.69) is 25.2 Å². The molecule has 0 bridgehead atoms. The van der Waals surface area contributed by atoms with Crippen LogP contribution in [0, 0.1) is 5.41 Å². The van der Waals surface area contributed by atoms with E-state index >= 15 is 0 Å². The number of fused-ring (bicyclic) bond motifs is 2. The molecule has 0 unspecified atom stereocenters. The van der Waals surface area contributed by atoms with Gasteiger partial charge in [-0.05, 0) is 41.2 Å². The summed E-state index contributed by atoms with van der Waals surface area (Å²) in [6.07, 6.45) is 1.39. The largest absolute Gasteiger partial charge is 0.497 e. The SMILES string of the molecule is COc1cccc([C@H]2C3=C(CC(C)(C)CC3=O)Nc3cc4c(cc32)OCO4)c1. The van der Waals surface area contributed by atoms with Crippen LogP contribution in [0.15, 0.2) is 47.7 Å². The number of carbonyl (C=O) groups excluding carboxylic acids is 1. The van der Waals surface area contributed by atoms with E-state index < -0.39 is 0 Å². The van der Waals surface area contributed by atoms with E-state index in [0.717, 1.165) is 51.8 Å². The van der Waals surface area contributed by atoms with Gasteiger partial charge in [0.25, 0.3) is 0 Å². The predicted molar refractivity (Wildman–Crippen MR) is 106 cm³/mol. The highest BCUT2D eigenvalue weighted by atomic mass is 16.7. The average Bonchev–Trinajstić information content (AvgIpc) is 3.11. The zero-order valence-corrected chi connectivity index (χ0v) is 16.3. The monoisotopic (exact) mass is 377 g/mol. The molecule has 0 saturated carbocycles. The molecule has 1 atom stereocenters. The van der Waals surface area contributed by atoms with Gasteiger partial charge in [-0.1, -0.05) is 26.0 Å². The second-order valence-corrected chi connectivity index (χ2v) is 8.46. The lowest BCUT2D eigenvalue weighted by atomic mass is 9.68. The minimum atomic E-state index is -0.153. The van der Waals surface area contributed by atoms with Crippen LogP contribution < -0.4 is 19.5 Å². The Morgan fingerprint density at radius 1 is 1.11 bits per heavy atom. The summed E-state index contributed by atoms with van der Waals surface area (Å²) in [4.78, 5) is 13.2. The summed E-state index contributed by atoms with van der Waals surface area (Å²) in [7, 11) is 1.66. The van der Waals surface area contributed by atoms with Gasteiger partial charge in [0.15, 0.2) is 17.3 Å². The molecule has 0 amide bonds. The molecule has 0 saturated heterocycles. The zero-order valence-electron chi connectivity index (χ0n) is 16.3. The summed E-state index contributed by atoms with van der Waals surface area (Å²) in [6.45, 7) is 4.51. The second-order valence-electron chi connectivity index (χ2n) is 8.46. The third-order valence-electron chi connectivity index (χ3n) is 5.78. The molecule has 5 heteroatoms. The number of methoxy groups -OCH3 is 1. The Hall–Kier alpha value is -2.95. The standard InChI is InChI=1S/C23H23NO4/c1-23(2)10-17-22(18(25)11-23)21(13-5-4-6-14(7-13)26-3)15-8-19-20(28-12-27-19)9-16(15)24-17/h4-9,21,24H,10-12H2,1-3H3/t21-/m1/s1. The number of hydrogen-bond acceptors (Lipinski definition) is 5. The minimum Gasteiger partial charge on any atom is -0.497 e. The highest BCUT2D eigenvalue weighted by Crippen LogP contribution is 2.52. The molecule has 0 aromatic heterocycles. The fourth-order valence-corrected chi connectivity index (χ4v) is 4.57. The molecular formula is C23H23NO4. The van der Waals surface area contributed by atoms with E-state index in [1.807, 2.05) is 30.3 Å². The highest BCUT2D eigenvalue weighted by molar-refractivity contribution is 6.01. The maximum absolute atomic E-state index is 13.2. The molecule has 2 heterocycles. The maximum Gasteiger partial charge on any atom is 0.231 e. The smallest absolute Gasteiger partial charge is 0.231 e. The topological polar surface area (TPSA) is 56.8 Å². The maximum atomic E-state index is 13.2. The van der Waals surface area contributed by atoms with Crippen molar-refractivity contribution in [3.05, 3.63) is 58.8 Å².